The minimum absolute atomic E-state index is 0.0579. The average Bonchev–Trinajstić information content (AvgIpc) is 3.09. The Morgan fingerprint density at radius 3 is 2.22 bits per heavy atom. The molecule has 0 saturated carbocycles. The van der Waals surface area contributed by atoms with Gasteiger partial charge in [0.2, 0.25) is 11.9 Å². The van der Waals surface area contributed by atoms with Crippen molar-refractivity contribution in [3.63, 3.8) is 0 Å². The predicted molar refractivity (Wildman–Crippen MR) is 101 cm³/mol. The molecule has 1 aromatic heterocycles. The van der Waals surface area contributed by atoms with E-state index in [1.165, 1.54) is 11.3 Å². The normalized spacial score (nSPS) is 10.5. The topological polar surface area (TPSA) is 94.6 Å². The first-order valence-electron chi connectivity index (χ1n) is 8.58. The second-order valence-electron chi connectivity index (χ2n) is 5.69. The highest BCUT2D eigenvalue weighted by Gasteiger charge is 2.31. The minimum Gasteiger partial charge on any atom is -0.464 e. The number of aromatic nitrogens is 1. The number of aryl methyl sites for hydroxylation is 1. The summed E-state index contributed by atoms with van der Waals surface area (Å²) in [6.07, 6.45) is -0.0579. The van der Waals surface area contributed by atoms with Crippen LogP contribution in [0.25, 0.3) is 10.6 Å². The van der Waals surface area contributed by atoms with E-state index in [0.29, 0.717) is 5.69 Å². The fraction of sp³-hybridized carbons (Fsp3) is 0.368. The molecule has 0 aliphatic carbocycles. The van der Waals surface area contributed by atoms with Crippen LogP contribution < -0.4 is 5.32 Å². The third-order valence-electron chi connectivity index (χ3n) is 3.54. The van der Waals surface area contributed by atoms with Gasteiger partial charge in [0.05, 0.1) is 25.3 Å². The van der Waals surface area contributed by atoms with Crippen LogP contribution in [0.3, 0.4) is 0 Å². The van der Waals surface area contributed by atoms with Crippen molar-refractivity contribution >= 4 is 29.2 Å². The molecule has 0 unspecified atom stereocenters. The van der Waals surface area contributed by atoms with Gasteiger partial charge in [-0.2, -0.15) is 0 Å². The van der Waals surface area contributed by atoms with E-state index in [9.17, 15) is 14.4 Å². The molecule has 1 aromatic carbocycles. The number of esters is 2. The summed E-state index contributed by atoms with van der Waals surface area (Å²) in [5, 5.41) is 4.94. The molecule has 1 N–H and O–H groups in total. The molecule has 0 fully saturated rings. The van der Waals surface area contributed by atoms with E-state index in [-0.39, 0.29) is 19.6 Å². The Morgan fingerprint density at radius 1 is 1.07 bits per heavy atom. The Hall–Kier alpha value is -2.74. The van der Waals surface area contributed by atoms with Gasteiger partial charge in [0.1, 0.15) is 5.01 Å². The Bertz CT molecular complexity index is 783. The molecule has 0 aliphatic rings. The van der Waals surface area contributed by atoms with E-state index >= 15 is 0 Å². The van der Waals surface area contributed by atoms with Gasteiger partial charge < -0.3 is 14.8 Å². The smallest absolute Gasteiger partial charge is 0.340 e. The summed E-state index contributed by atoms with van der Waals surface area (Å²) in [5.41, 5.74) is 2.67. The van der Waals surface area contributed by atoms with Crippen molar-refractivity contribution in [3.05, 3.63) is 40.9 Å². The molecule has 144 valence electrons. The van der Waals surface area contributed by atoms with E-state index in [1.54, 1.807) is 19.2 Å². The lowest BCUT2D eigenvalue weighted by Crippen LogP contribution is -2.48. The summed E-state index contributed by atoms with van der Waals surface area (Å²) in [7, 11) is 0. The molecule has 0 bridgehead atoms. The number of amides is 1. The third-order valence-corrected chi connectivity index (χ3v) is 4.48. The first-order chi connectivity index (χ1) is 12.9. The molecule has 7 nitrogen and oxygen atoms in total. The number of rotatable bonds is 8. The Morgan fingerprint density at radius 2 is 1.67 bits per heavy atom. The van der Waals surface area contributed by atoms with Gasteiger partial charge >= 0.3 is 11.9 Å². The Balaban J connectivity index is 2.03. The lowest BCUT2D eigenvalue weighted by atomic mass is 10.2. The summed E-state index contributed by atoms with van der Waals surface area (Å²) in [6.45, 7) is 5.42. The summed E-state index contributed by atoms with van der Waals surface area (Å²) in [4.78, 5) is 40.5. The number of carbonyl (C=O) groups excluding carboxylic acids is 3. The second-order valence-corrected chi connectivity index (χ2v) is 6.55. The van der Waals surface area contributed by atoms with E-state index in [0.717, 1.165) is 16.1 Å². The monoisotopic (exact) mass is 390 g/mol. The molecule has 0 atom stereocenters. The SMILES string of the molecule is CCOC(=O)C(NC(=O)Cc1csc(-c2ccc(C)cc2)n1)C(=O)OCC. The first-order valence-corrected chi connectivity index (χ1v) is 9.46. The molecule has 1 heterocycles. The third kappa shape index (κ3) is 5.89. The maximum atomic E-state index is 12.3. The number of thiazole rings is 1. The molecule has 2 aromatic rings. The summed E-state index contributed by atoms with van der Waals surface area (Å²) < 4.78 is 9.65. The minimum atomic E-state index is -1.48. The lowest BCUT2D eigenvalue weighted by molar-refractivity contribution is -0.159. The Kier molecular flexibility index (Phi) is 7.48. The van der Waals surface area contributed by atoms with Crippen LogP contribution in [0.5, 0.6) is 0 Å². The zero-order valence-corrected chi connectivity index (χ0v) is 16.3. The number of hydrogen-bond acceptors (Lipinski definition) is 7. The van der Waals surface area contributed by atoms with Crippen LogP contribution in [-0.4, -0.2) is 42.1 Å². The quantitative estimate of drug-likeness (QED) is 0.549. The number of benzene rings is 1. The molecule has 0 saturated heterocycles. The second kappa shape index (κ2) is 9.82. The van der Waals surface area contributed by atoms with Gasteiger partial charge in [-0.05, 0) is 20.8 Å². The van der Waals surface area contributed by atoms with E-state index < -0.39 is 23.9 Å². The van der Waals surface area contributed by atoms with Crippen LogP contribution in [0.2, 0.25) is 0 Å². The maximum absolute atomic E-state index is 12.3. The van der Waals surface area contributed by atoms with Crippen molar-refractivity contribution in [2.75, 3.05) is 13.2 Å². The lowest BCUT2D eigenvalue weighted by Gasteiger charge is -2.15. The fourth-order valence-electron chi connectivity index (χ4n) is 2.26. The number of nitrogens with zero attached hydrogens (tertiary/aromatic N) is 1. The summed E-state index contributed by atoms with van der Waals surface area (Å²) in [5.74, 6) is -2.20. The molecule has 0 radical (unpaired) electrons. The number of nitrogens with one attached hydrogen (secondary N) is 1. The van der Waals surface area contributed by atoms with Gasteiger partial charge in [-0.25, -0.2) is 14.6 Å². The highest BCUT2D eigenvalue weighted by atomic mass is 32.1. The predicted octanol–water partition coefficient (Wildman–Crippen LogP) is 2.27. The van der Waals surface area contributed by atoms with Crippen molar-refractivity contribution in [1.29, 1.82) is 0 Å². The van der Waals surface area contributed by atoms with Crippen molar-refractivity contribution in [3.8, 4) is 10.6 Å². The van der Waals surface area contributed by atoms with Gasteiger partial charge in [0.25, 0.3) is 0 Å². The van der Waals surface area contributed by atoms with E-state index in [2.05, 4.69) is 10.3 Å². The van der Waals surface area contributed by atoms with Crippen LogP contribution in [0, 0.1) is 6.92 Å². The zero-order chi connectivity index (χ0) is 19.8. The highest BCUT2D eigenvalue weighted by Crippen LogP contribution is 2.24. The fourth-order valence-corrected chi connectivity index (χ4v) is 3.08. The van der Waals surface area contributed by atoms with Crippen molar-refractivity contribution in [1.82, 2.24) is 10.3 Å². The molecule has 2 rings (SSSR count). The molecular weight excluding hydrogens is 368 g/mol. The summed E-state index contributed by atoms with van der Waals surface area (Å²) in [6, 6.07) is 6.44. The highest BCUT2D eigenvalue weighted by molar-refractivity contribution is 7.13. The number of hydrogen-bond donors (Lipinski definition) is 1. The molecular formula is C19H22N2O5S. The van der Waals surface area contributed by atoms with Gasteiger partial charge in [0, 0.05) is 10.9 Å². The largest absolute Gasteiger partial charge is 0.464 e. The molecule has 1 amide bonds. The van der Waals surface area contributed by atoms with Gasteiger partial charge in [-0.15, -0.1) is 11.3 Å². The van der Waals surface area contributed by atoms with Crippen molar-refractivity contribution in [2.45, 2.75) is 33.2 Å². The van der Waals surface area contributed by atoms with Gasteiger partial charge in [-0.1, -0.05) is 29.8 Å². The van der Waals surface area contributed by atoms with Gasteiger partial charge in [-0.3, -0.25) is 4.79 Å². The molecule has 8 heteroatoms. The van der Waals surface area contributed by atoms with E-state index in [4.69, 9.17) is 9.47 Å². The Labute approximate surface area is 161 Å². The number of carbonyl (C=O) groups is 3. The average molecular weight is 390 g/mol. The molecule has 0 spiro atoms. The van der Waals surface area contributed by atoms with Crippen molar-refractivity contribution < 1.29 is 23.9 Å². The van der Waals surface area contributed by atoms with Gasteiger partial charge in [0.15, 0.2) is 0 Å². The van der Waals surface area contributed by atoms with Crippen LogP contribution in [-0.2, 0) is 30.3 Å². The zero-order valence-electron chi connectivity index (χ0n) is 15.5. The van der Waals surface area contributed by atoms with Crippen LogP contribution in [0.4, 0.5) is 0 Å². The van der Waals surface area contributed by atoms with Crippen molar-refractivity contribution in [2.24, 2.45) is 0 Å². The molecule has 0 aliphatic heterocycles. The van der Waals surface area contributed by atoms with Crippen LogP contribution in [0.15, 0.2) is 29.6 Å². The summed E-state index contributed by atoms with van der Waals surface area (Å²) >= 11 is 1.42. The van der Waals surface area contributed by atoms with Crippen LogP contribution >= 0.6 is 11.3 Å². The standard InChI is InChI=1S/C19H22N2O5S/c1-4-25-18(23)16(19(24)26-5-2)21-15(22)10-14-11-27-17(20-14)13-8-6-12(3)7-9-13/h6-9,11,16H,4-5,10H2,1-3H3,(H,21,22). The van der Waals surface area contributed by atoms with E-state index in [1.807, 2.05) is 31.2 Å². The van der Waals surface area contributed by atoms with Crippen LogP contribution in [0.1, 0.15) is 25.1 Å². The maximum Gasteiger partial charge on any atom is 0.340 e. The molecule has 27 heavy (non-hydrogen) atoms. The number of ether oxygens (including phenoxy) is 2. The first kappa shape index (κ1) is 20.6.